The second-order valence-electron chi connectivity index (χ2n) is 6.20. The number of hydrogen-bond donors (Lipinski definition) is 1. The van der Waals surface area contributed by atoms with Crippen molar-refractivity contribution in [1.29, 1.82) is 0 Å². The van der Waals surface area contributed by atoms with E-state index in [-0.39, 0.29) is 17.4 Å². The monoisotopic (exact) mass is 390 g/mol. The van der Waals surface area contributed by atoms with Gasteiger partial charge in [0.2, 0.25) is 5.91 Å². The molecule has 0 bridgehead atoms. The summed E-state index contributed by atoms with van der Waals surface area (Å²) >= 11 is 2.99. The van der Waals surface area contributed by atoms with Crippen molar-refractivity contribution >= 4 is 33.6 Å². The fraction of sp³-hybridized carbons (Fsp3) is 0.467. The van der Waals surface area contributed by atoms with E-state index in [2.05, 4.69) is 21.2 Å². The van der Waals surface area contributed by atoms with Gasteiger partial charge < -0.3 is 15.0 Å². The number of amides is 2. The van der Waals surface area contributed by atoms with Crippen LogP contribution in [-0.2, 0) is 9.53 Å². The fourth-order valence-electron chi connectivity index (χ4n) is 2.28. The Hall–Kier alpha value is -1.70. The molecule has 1 atom stereocenters. The van der Waals surface area contributed by atoms with Crippen LogP contribution in [0.1, 0.15) is 27.2 Å². The fourth-order valence-corrected chi connectivity index (χ4v) is 2.68. The Labute approximate surface area is 141 Å². The van der Waals surface area contributed by atoms with Gasteiger partial charge >= 0.3 is 6.09 Å². The maximum Gasteiger partial charge on any atom is 0.408 e. The van der Waals surface area contributed by atoms with Crippen LogP contribution in [-0.4, -0.2) is 30.2 Å². The summed E-state index contributed by atoms with van der Waals surface area (Å²) in [6.45, 7) is 5.20. The molecule has 2 rings (SSSR count). The van der Waals surface area contributed by atoms with Gasteiger partial charge in [-0.15, -0.1) is 0 Å². The number of nitrogens with one attached hydrogen (secondary N) is 1. The highest BCUT2D eigenvalue weighted by Gasteiger charge is 2.37. The molecule has 1 heterocycles. The molecular formula is C15H17BrF2N2O3. The summed E-state index contributed by atoms with van der Waals surface area (Å²) in [5, 5.41) is 2.43. The first-order chi connectivity index (χ1) is 10.6. The zero-order valence-electron chi connectivity index (χ0n) is 13.0. The van der Waals surface area contributed by atoms with E-state index in [9.17, 15) is 18.4 Å². The van der Waals surface area contributed by atoms with Crippen LogP contribution in [0.4, 0.5) is 19.3 Å². The standard InChI is InChI=1S/C15H17BrF2N2O3/c1-15(2,3)23-14(22)19-11-4-5-20(13(11)21)12-9(17)6-8(16)7-10(12)18/h6-7,11H,4-5H2,1-3H3,(H,19,22). The summed E-state index contributed by atoms with van der Waals surface area (Å²) in [7, 11) is 0. The minimum Gasteiger partial charge on any atom is -0.444 e. The van der Waals surface area contributed by atoms with Crippen LogP contribution in [0.3, 0.4) is 0 Å². The number of hydrogen-bond acceptors (Lipinski definition) is 3. The van der Waals surface area contributed by atoms with Gasteiger partial charge in [-0.2, -0.15) is 0 Å². The van der Waals surface area contributed by atoms with E-state index >= 15 is 0 Å². The van der Waals surface area contributed by atoms with Gasteiger partial charge in [0.05, 0.1) is 0 Å². The molecule has 1 unspecified atom stereocenters. The minimum absolute atomic E-state index is 0.106. The second kappa shape index (κ2) is 6.43. The lowest BCUT2D eigenvalue weighted by Gasteiger charge is -2.22. The SMILES string of the molecule is CC(C)(C)OC(=O)NC1CCN(c2c(F)cc(Br)cc2F)C1=O. The van der Waals surface area contributed by atoms with Crippen LogP contribution in [0.2, 0.25) is 0 Å². The van der Waals surface area contributed by atoms with E-state index in [0.717, 1.165) is 17.0 Å². The van der Waals surface area contributed by atoms with E-state index in [1.165, 1.54) is 0 Å². The van der Waals surface area contributed by atoms with Gasteiger partial charge in [0, 0.05) is 11.0 Å². The Bertz CT molecular complexity index is 623. The highest BCUT2D eigenvalue weighted by atomic mass is 79.9. The highest BCUT2D eigenvalue weighted by Crippen LogP contribution is 2.30. The number of nitrogens with zero attached hydrogens (tertiary/aromatic N) is 1. The first-order valence-electron chi connectivity index (χ1n) is 7.04. The number of benzene rings is 1. The van der Waals surface area contributed by atoms with Crippen LogP contribution < -0.4 is 10.2 Å². The lowest BCUT2D eigenvalue weighted by molar-refractivity contribution is -0.118. The summed E-state index contributed by atoms with van der Waals surface area (Å²) in [6, 6.07) is 1.30. The van der Waals surface area contributed by atoms with Gasteiger partial charge in [0.15, 0.2) is 11.6 Å². The van der Waals surface area contributed by atoms with Crippen LogP contribution in [0.25, 0.3) is 0 Å². The van der Waals surface area contributed by atoms with Crippen LogP contribution >= 0.6 is 15.9 Å². The highest BCUT2D eigenvalue weighted by molar-refractivity contribution is 9.10. The molecule has 2 amide bonds. The maximum atomic E-state index is 14.0. The largest absolute Gasteiger partial charge is 0.444 e. The van der Waals surface area contributed by atoms with Crippen molar-refractivity contribution in [3.8, 4) is 0 Å². The zero-order chi connectivity index (χ0) is 17.4. The van der Waals surface area contributed by atoms with Crippen molar-refractivity contribution in [3.63, 3.8) is 0 Å². The molecule has 0 aromatic heterocycles. The van der Waals surface area contributed by atoms with Crippen LogP contribution in [0.15, 0.2) is 16.6 Å². The third-order valence-corrected chi connectivity index (χ3v) is 3.61. The Kier molecular flexibility index (Phi) is 4.93. The second-order valence-corrected chi connectivity index (χ2v) is 7.11. The van der Waals surface area contributed by atoms with Crippen molar-refractivity contribution in [3.05, 3.63) is 28.2 Å². The molecule has 1 fully saturated rings. The van der Waals surface area contributed by atoms with Gasteiger partial charge in [-0.05, 0) is 39.3 Å². The average molecular weight is 391 g/mol. The molecule has 5 nitrogen and oxygen atoms in total. The van der Waals surface area contributed by atoms with E-state index in [1.807, 2.05) is 0 Å². The van der Waals surface area contributed by atoms with Gasteiger partial charge in [-0.1, -0.05) is 15.9 Å². The molecular weight excluding hydrogens is 374 g/mol. The first-order valence-corrected chi connectivity index (χ1v) is 7.83. The molecule has 1 aromatic carbocycles. The van der Waals surface area contributed by atoms with Crippen molar-refractivity contribution in [2.45, 2.75) is 38.8 Å². The number of alkyl carbamates (subject to hydrolysis) is 1. The number of halogens is 3. The Morgan fingerprint density at radius 3 is 2.43 bits per heavy atom. The number of anilines is 1. The Morgan fingerprint density at radius 1 is 1.35 bits per heavy atom. The van der Waals surface area contributed by atoms with Crippen LogP contribution in [0.5, 0.6) is 0 Å². The normalized spacial score (nSPS) is 18.3. The number of carbonyl (C=O) groups is 2. The molecule has 1 aliphatic rings. The molecule has 0 spiro atoms. The van der Waals surface area contributed by atoms with Gasteiger partial charge in [0.25, 0.3) is 0 Å². The number of carbonyl (C=O) groups excluding carboxylic acids is 2. The summed E-state index contributed by atoms with van der Waals surface area (Å²) in [4.78, 5) is 25.0. The predicted molar refractivity (Wildman–Crippen MR) is 84.2 cm³/mol. The molecule has 0 saturated carbocycles. The van der Waals surface area contributed by atoms with Crippen molar-refractivity contribution in [2.24, 2.45) is 0 Å². The van der Waals surface area contributed by atoms with Crippen molar-refractivity contribution < 1.29 is 23.1 Å². The molecule has 0 aliphatic carbocycles. The molecule has 1 aromatic rings. The smallest absolute Gasteiger partial charge is 0.408 e. The van der Waals surface area contributed by atoms with Gasteiger partial charge in [-0.3, -0.25) is 4.79 Å². The molecule has 126 valence electrons. The number of ether oxygens (including phenoxy) is 1. The summed E-state index contributed by atoms with van der Waals surface area (Å²) in [6.07, 6.45) is -0.498. The van der Waals surface area contributed by atoms with E-state index in [4.69, 9.17) is 4.74 Å². The lowest BCUT2D eigenvalue weighted by atomic mass is 10.2. The van der Waals surface area contributed by atoms with E-state index in [0.29, 0.717) is 0 Å². The van der Waals surface area contributed by atoms with Crippen molar-refractivity contribution in [1.82, 2.24) is 5.32 Å². The molecule has 1 aliphatic heterocycles. The summed E-state index contributed by atoms with van der Waals surface area (Å²) < 4.78 is 33.3. The molecule has 1 N–H and O–H groups in total. The molecule has 8 heteroatoms. The number of rotatable bonds is 2. The minimum atomic E-state index is -0.868. The summed E-state index contributed by atoms with van der Waals surface area (Å²) in [5.41, 5.74) is -1.11. The lowest BCUT2D eigenvalue weighted by Crippen LogP contribution is -2.44. The van der Waals surface area contributed by atoms with Gasteiger partial charge in [-0.25, -0.2) is 13.6 Å². The van der Waals surface area contributed by atoms with Crippen LogP contribution in [0, 0.1) is 11.6 Å². The first kappa shape index (κ1) is 17.7. The molecule has 23 heavy (non-hydrogen) atoms. The van der Waals surface area contributed by atoms with Crippen molar-refractivity contribution in [2.75, 3.05) is 11.4 Å². The zero-order valence-corrected chi connectivity index (χ0v) is 14.5. The maximum absolute atomic E-state index is 14.0. The molecule has 0 radical (unpaired) electrons. The quantitative estimate of drug-likeness (QED) is 0.841. The van der Waals surface area contributed by atoms with E-state index in [1.54, 1.807) is 20.8 Å². The third-order valence-electron chi connectivity index (χ3n) is 3.15. The molecule has 1 saturated heterocycles. The predicted octanol–water partition coefficient (Wildman–Crippen LogP) is 3.36. The average Bonchev–Trinajstić information content (AvgIpc) is 2.68. The topological polar surface area (TPSA) is 58.6 Å². The summed E-state index contributed by atoms with van der Waals surface area (Å²) in [5.74, 6) is -2.26. The Balaban J connectivity index is 2.12. The van der Waals surface area contributed by atoms with Gasteiger partial charge in [0.1, 0.15) is 17.3 Å². The van der Waals surface area contributed by atoms with E-state index < -0.39 is 41.0 Å². The Morgan fingerprint density at radius 2 is 1.91 bits per heavy atom. The third kappa shape index (κ3) is 4.19.